The molecule has 4 rings (SSSR count). The third kappa shape index (κ3) is 2.53. The van der Waals surface area contributed by atoms with Crippen molar-refractivity contribution in [3.8, 4) is 16.9 Å². The van der Waals surface area contributed by atoms with E-state index in [1.807, 2.05) is 0 Å². The smallest absolute Gasteiger partial charge is 0.266 e. The number of hydrogen-bond donors (Lipinski definition) is 2. The lowest BCUT2D eigenvalue weighted by Crippen LogP contribution is -2.41. The second-order valence-corrected chi connectivity index (χ2v) is 6.46. The molecule has 0 spiro atoms. The van der Waals surface area contributed by atoms with Gasteiger partial charge in [0.05, 0.1) is 18.2 Å². The summed E-state index contributed by atoms with van der Waals surface area (Å²) in [6.07, 6.45) is 4.40. The van der Waals surface area contributed by atoms with Crippen LogP contribution >= 0.6 is 0 Å². The molecule has 0 radical (unpaired) electrons. The normalized spacial score (nSPS) is 19.1. The molecule has 2 aromatic heterocycles. The number of aromatic hydroxyl groups is 1. The van der Waals surface area contributed by atoms with Crippen molar-refractivity contribution in [2.24, 2.45) is 10.7 Å². The van der Waals surface area contributed by atoms with Crippen molar-refractivity contribution in [2.45, 2.75) is 12.2 Å². The number of pyridine rings is 1. The number of nitrogens with two attached hydrogens (primary N) is 1. The fourth-order valence-electron chi connectivity index (χ4n) is 3.37. The summed E-state index contributed by atoms with van der Waals surface area (Å²) in [5.41, 5.74) is 6.67. The summed E-state index contributed by atoms with van der Waals surface area (Å²) in [7, 11) is 1.53. The van der Waals surface area contributed by atoms with Crippen molar-refractivity contribution in [3.05, 3.63) is 71.9 Å². The molecule has 0 fully saturated rings. The molecule has 1 aliphatic rings. The standard InChI is InChI=1S/C20H17FN4O3/c1-25-18(27)20(24-19(25)22,14-4-6-23-15(8-14)10-21)13-2-3-17(26)16(9-13)12-5-7-28-11-12/h2-9,11,26H,10H2,1H3,(H2,22,24). The fourth-order valence-corrected chi connectivity index (χ4v) is 3.37. The molecule has 8 heteroatoms. The molecule has 1 aliphatic heterocycles. The van der Waals surface area contributed by atoms with Gasteiger partial charge >= 0.3 is 0 Å². The first kappa shape index (κ1) is 17.7. The number of phenols is 1. The highest BCUT2D eigenvalue weighted by molar-refractivity contribution is 6.09. The van der Waals surface area contributed by atoms with Gasteiger partial charge in [0.1, 0.15) is 12.4 Å². The van der Waals surface area contributed by atoms with Crippen LogP contribution in [0.2, 0.25) is 0 Å². The number of hydrogen-bond acceptors (Lipinski definition) is 6. The Labute approximate surface area is 159 Å². The number of furan rings is 1. The average Bonchev–Trinajstić information content (AvgIpc) is 3.32. The highest BCUT2D eigenvalue weighted by atomic mass is 19.1. The molecule has 3 N–H and O–H groups in total. The SMILES string of the molecule is CN1C(=O)C(c2ccnc(CF)c2)(c2ccc(O)c(-c3ccoc3)c2)N=C1N. The zero-order valence-corrected chi connectivity index (χ0v) is 15.0. The van der Waals surface area contributed by atoms with Crippen molar-refractivity contribution in [2.75, 3.05) is 7.05 Å². The van der Waals surface area contributed by atoms with E-state index in [-0.39, 0.29) is 23.3 Å². The van der Waals surface area contributed by atoms with Gasteiger partial charge < -0.3 is 15.3 Å². The van der Waals surface area contributed by atoms with E-state index >= 15 is 0 Å². The predicted octanol–water partition coefficient (Wildman–Crippen LogP) is 2.55. The molecule has 7 nitrogen and oxygen atoms in total. The van der Waals surface area contributed by atoms with Gasteiger partial charge in [-0.3, -0.25) is 14.7 Å². The van der Waals surface area contributed by atoms with Crippen molar-refractivity contribution in [3.63, 3.8) is 0 Å². The fraction of sp³-hybridized carbons (Fsp3) is 0.150. The van der Waals surface area contributed by atoms with Gasteiger partial charge in [-0.2, -0.15) is 0 Å². The molecular weight excluding hydrogens is 363 g/mol. The van der Waals surface area contributed by atoms with Gasteiger partial charge in [0, 0.05) is 24.4 Å². The summed E-state index contributed by atoms with van der Waals surface area (Å²) in [5.74, 6) is -0.318. The van der Waals surface area contributed by atoms with Crippen LogP contribution in [-0.2, 0) is 17.0 Å². The van der Waals surface area contributed by atoms with Gasteiger partial charge in [0.2, 0.25) is 0 Å². The third-order valence-corrected chi connectivity index (χ3v) is 4.86. The Kier molecular flexibility index (Phi) is 4.11. The first-order valence-corrected chi connectivity index (χ1v) is 8.48. The lowest BCUT2D eigenvalue weighted by molar-refractivity contribution is -0.129. The summed E-state index contributed by atoms with van der Waals surface area (Å²) >= 11 is 0. The maximum Gasteiger partial charge on any atom is 0.266 e. The van der Waals surface area contributed by atoms with Crippen LogP contribution in [0.4, 0.5) is 4.39 Å². The average molecular weight is 380 g/mol. The Balaban J connectivity index is 1.98. The van der Waals surface area contributed by atoms with E-state index in [2.05, 4.69) is 9.98 Å². The van der Waals surface area contributed by atoms with Crippen LogP contribution in [0, 0.1) is 0 Å². The van der Waals surface area contributed by atoms with E-state index < -0.39 is 12.2 Å². The summed E-state index contributed by atoms with van der Waals surface area (Å²) in [6.45, 7) is -0.775. The Hall–Kier alpha value is -3.68. The third-order valence-electron chi connectivity index (χ3n) is 4.86. The lowest BCUT2D eigenvalue weighted by atomic mass is 9.81. The van der Waals surface area contributed by atoms with Crippen molar-refractivity contribution >= 4 is 11.9 Å². The van der Waals surface area contributed by atoms with Gasteiger partial charge in [0.15, 0.2) is 11.5 Å². The molecule has 1 atom stereocenters. The monoisotopic (exact) mass is 380 g/mol. The number of carbonyl (C=O) groups excluding carboxylic acids is 1. The second kappa shape index (κ2) is 6.49. The van der Waals surface area contributed by atoms with E-state index in [9.17, 15) is 14.3 Å². The van der Waals surface area contributed by atoms with Gasteiger partial charge in [-0.15, -0.1) is 0 Å². The van der Waals surface area contributed by atoms with Crippen LogP contribution in [0.3, 0.4) is 0 Å². The highest BCUT2D eigenvalue weighted by Gasteiger charge is 2.49. The Morgan fingerprint density at radius 2 is 2.04 bits per heavy atom. The van der Waals surface area contributed by atoms with Crippen LogP contribution in [-0.4, -0.2) is 33.9 Å². The molecule has 1 amide bonds. The van der Waals surface area contributed by atoms with E-state index in [0.717, 1.165) is 0 Å². The number of phenolic OH excluding ortho intramolecular Hbond substituents is 1. The molecule has 3 heterocycles. The number of carbonyl (C=O) groups is 1. The number of benzene rings is 1. The van der Waals surface area contributed by atoms with Crippen molar-refractivity contribution < 1.29 is 18.7 Å². The van der Waals surface area contributed by atoms with E-state index in [0.29, 0.717) is 22.3 Å². The van der Waals surface area contributed by atoms with Gasteiger partial charge in [-0.05, 0) is 41.5 Å². The maximum absolute atomic E-state index is 13.3. The van der Waals surface area contributed by atoms with Crippen LogP contribution in [0.15, 0.2) is 64.5 Å². The van der Waals surface area contributed by atoms with Crippen LogP contribution in [0.1, 0.15) is 16.8 Å². The Morgan fingerprint density at radius 1 is 1.25 bits per heavy atom. The molecule has 142 valence electrons. The number of halogens is 1. The molecule has 28 heavy (non-hydrogen) atoms. The van der Waals surface area contributed by atoms with Gasteiger partial charge in [-0.25, -0.2) is 9.38 Å². The van der Waals surface area contributed by atoms with Crippen molar-refractivity contribution in [1.82, 2.24) is 9.88 Å². The Bertz CT molecular complexity index is 1080. The minimum atomic E-state index is -1.50. The minimum absolute atomic E-state index is 0.0234. The number of guanidine groups is 1. The largest absolute Gasteiger partial charge is 0.507 e. The summed E-state index contributed by atoms with van der Waals surface area (Å²) in [6, 6.07) is 9.54. The van der Waals surface area contributed by atoms with Crippen LogP contribution in [0.5, 0.6) is 5.75 Å². The second-order valence-electron chi connectivity index (χ2n) is 6.46. The zero-order chi connectivity index (χ0) is 19.9. The highest BCUT2D eigenvalue weighted by Crippen LogP contribution is 2.42. The number of aliphatic imine (C=N–C) groups is 1. The zero-order valence-electron chi connectivity index (χ0n) is 15.0. The molecule has 0 saturated heterocycles. The number of aromatic nitrogens is 1. The summed E-state index contributed by atoms with van der Waals surface area (Å²) in [5, 5.41) is 10.3. The molecule has 0 saturated carbocycles. The first-order valence-electron chi connectivity index (χ1n) is 8.48. The number of amides is 1. The van der Waals surface area contributed by atoms with Crippen LogP contribution < -0.4 is 5.73 Å². The predicted molar refractivity (Wildman–Crippen MR) is 100 cm³/mol. The van der Waals surface area contributed by atoms with E-state index in [1.54, 1.807) is 24.3 Å². The number of likely N-dealkylation sites (N-methyl/N-ethyl adjacent to an activating group) is 1. The molecule has 3 aromatic rings. The topological polar surface area (TPSA) is 105 Å². The van der Waals surface area contributed by atoms with Crippen LogP contribution in [0.25, 0.3) is 11.1 Å². The van der Waals surface area contributed by atoms with Gasteiger partial charge in [0.25, 0.3) is 5.91 Å². The van der Waals surface area contributed by atoms with E-state index in [4.69, 9.17) is 10.2 Å². The number of alkyl halides is 1. The summed E-state index contributed by atoms with van der Waals surface area (Å²) in [4.78, 5) is 22.9. The number of rotatable bonds is 4. The quantitative estimate of drug-likeness (QED) is 0.724. The molecule has 1 unspecified atom stereocenters. The molecule has 0 bridgehead atoms. The van der Waals surface area contributed by atoms with Gasteiger partial charge in [-0.1, -0.05) is 6.07 Å². The molecule has 1 aromatic carbocycles. The molecule has 0 aliphatic carbocycles. The minimum Gasteiger partial charge on any atom is -0.507 e. The van der Waals surface area contributed by atoms with E-state index in [1.165, 1.54) is 42.8 Å². The van der Waals surface area contributed by atoms with Crippen molar-refractivity contribution in [1.29, 1.82) is 0 Å². The first-order chi connectivity index (χ1) is 13.5. The maximum atomic E-state index is 13.3. The number of nitrogens with zero attached hydrogens (tertiary/aromatic N) is 3. The Morgan fingerprint density at radius 3 is 2.68 bits per heavy atom. The summed E-state index contributed by atoms with van der Waals surface area (Å²) < 4.78 is 18.3. The lowest BCUT2D eigenvalue weighted by Gasteiger charge is -2.26. The molecular formula is C20H17FN4O3.